The Balaban J connectivity index is 2.24. The average molecular weight is 177 g/mol. The molecule has 0 aliphatic heterocycles. The summed E-state index contributed by atoms with van der Waals surface area (Å²) in [6.07, 6.45) is 5.28. The molecule has 0 amide bonds. The molecule has 5 heteroatoms. The first-order chi connectivity index (χ1) is 6.27. The maximum Gasteiger partial charge on any atom is 0.146 e. The minimum Gasteiger partial charge on any atom is -0.328 e. The predicted molar refractivity (Wildman–Crippen MR) is 47.1 cm³/mol. The third-order valence-electron chi connectivity index (χ3n) is 2.04. The summed E-state index contributed by atoms with van der Waals surface area (Å²) in [6, 6.07) is 0. The lowest BCUT2D eigenvalue weighted by Crippen LogP contribution is -2.07. The number of rotatable bonds is 2. The number of nitrogens with zero attached hydrogens (tertiary/aromatic N) is 5. The zero-order valence-corrected chi connectivity index (χ0v) is 7.68. The Morgan fingerprint density at radius 3 is 2.77 bits per heavy atom. The lowest BCUT2D eigenvalue weighted by Gasteiger charge is -2.03. The molecule has 0 bridgehead atoms. The van der Waals surface area contributed by atoms with E-state index in [4.69, 9.17) is 0 Å². The van der Waals surface area contributed by atoms with Crippen LogP contribution in [0.2, 0.25) is 0 Å². The summed E-state index contributed by atoms with van der Waals surface area (Å²) in [5.41, 5.74) is 0. The van der Waals surface area contributed by atoms with Crippen LogP contribution in [0.5, 0.6) is 0 Å². The molecule has 0 unspecified atom stereocenters. The Labute approximate surface area is 76.0 Å². The zero-order chi connectivity index (χ0) is 9.26. The number of imidazole rings is 1. The van der Waals surface area contributed by atoms with Crippen LogP contribution in [0.25, 0.3) is 0 Å². The first-order valence-electron chi connectivity index (χ1n) is 4.08. The van der Waals surface area contributed by atoms with Crippen LogP contribution in [0.3, 0.4) is 0 Å². The Hall–Kier alpha value is -1.65. The molecule has 13 heavy (non-hydrogen) atoms. The quantitative estimate of drug-likeness (QED) is 0.665. The summed E-state index contributed by atoms with van der Waals surface area (Å²) >= 11 is 0. The largest absolute Gasteiger partial charge is 0.328 e. The Bertz CT molecular complexity index is 362. The molecule has 0 N–H and O–H groups in total. The maximum absolute atomic E-state index is 4.14. The molecule has 68 valence electrons. The molecule has 0 saturated carbocycles. The zero-order valence-electron chi connectivity index (χ0n) is 7.68. The molecule has 0 fully saturated rings. The first kappa shape index (κ1) is 7.97. The van der Waals surface area contributed by atoms with Crippen LogP contribution in [0.4, 0.5) is 0 Å². The van der Waals surface area contributed by atoms with E-state index in [9.17, 15) is 0 Å². The fraction of sp³-hybridized carbons (Fsp3) is 0.375. The van der Waals surface area contributed by atoms with Gasteiger partial charge in [-0.1, -0.05) is 0 Å². The monoisotopic (exact) mass is 177 g/mol. The normalized spacial score (nSPS) is 10.6. The Morgan fingerprint density at radius 2 is 2.23 bits per heavy atom. The molecule has 0 atom stereocenters. The highest BCUT2D eigenvalue weighted by Gasteiger charge is 2.02. The summed E-state index contributed by atoms with van der Waals surface area (Å²) in [5, 5.41) is 4.00. The van der Waals surface area contributed by atoms with E-state index in [0.29, 0.717) is 0 Å². The second kappa shape index (κ2) is 3.01. The Morgan fingerprint density at radius 1 is 1.38 bits per heavy atom. The number of aryl methyl sites for hydroxylation is 2. The van der Waals surface area contributed by atoms with Crippen LogP contribution < -0.4 is 0 Å². The molecule has 2 aromatic heterocycles. The van der Waals surface area contributed by atoms with Gasteiger partial charge in [-0.3, -0.25) is 4.68 Å². The third-order valence-corrected chi connectivity index (χ3v) is 2.04. The highest BCUT2D eigenvalue weighted by molar-refractivity contribution is 4.94. The van der Waals surface area contributed by atoms with E-state index in [0.717, 1.165) is 18.2 Å². The van der Waals surface area contributed by atoms with E-state index in [1.165, 1.54) is 0 Å². The van der Waals surface area contributed by atoms with Crippen LogP contribution in [-0.4, -0.2) is 24.3 Å². The van der Waals surface area contributed by atoms with Crippen LogP contribution in [0, 0.1) is 6.92 Å². The minimum absolute atomic E-state index is 0.725. The molecule has 5 nitrogen and oxygen atoms in total. The van der Waals surface area contributed by atoms with Crippen molar-refractivity contribution in [2.45, 2.75) is 13.5 Å². The Kier molecular flexibility index (Phi) is 1.84. The fourth-order valence-corrected chi connectivity index (χ4v) is 1.19. The van der Waals surface area contributed by atoms with Gasteiger partial charge in [0, 0.05) is 19.4 Å². The van der Waals surface area contributed by atoms with Crippen molar-refractivity contribution < 1.29 is 0 Å². The first-order valence-corrected chi connectivity index (χ1v) is 4.08. The second-order valence-electron chi connectivity index (χ2n) is 2.90. The van der Waals surface area contributed by atoms with Crippen LogP contribution in [0.1, 0.15) is 11.6 Å². The van der Waals surface area contributed by atoms with Gasteiger partial charge in [0.25, 0.3) is 0 Å². The third kappa shape index (κ3) is 1.44. The van der Waals surface area contributed by atoms with Crippen molar-refractivity contribution in [1.82, 2.24) is 24.3 Å². The van der Waals surface area contributed by atoms with Crippen molar-refractivity contribution in [3.8, 4) is 0 Å². The fourth-order valence-electron chi connectivity index (χ4n) is 1.19. The predicted octanol–water partition coefficient (Wildman–Crippen LogP) is 0.368. The topological polar surface area (TPSA) is 48.5 Å². The molecule has 0 aromatic carbocycles. The van der Waals surface area contributed by atoms with Gasteiger partial charge in [0.1, 0.15) is 18.0 Å². The molecule has 2 aromatic rings. The SMILES string of the molecule is Cc1nccn1Cc1ncnn1C. The van der Waals surface area contributed by atoms with Gasteiger partial charge in [0.15, 0.2) is 0 Å². The number of hydrogen-bond acceptors (Lipinski definition) is 3. The highest BCUT2D eigenvalue weighted by Crippen LogP contribution is 2.00. The van der Waals surface area contributed by atoms with E-state index >= 15 is 0 Å². The van der Waals surface area contributed by atoms with Gasteiger partial charge in [-0.15, -0.1) is 0 Å². The van der Waals surface area contributed by atoms with Crippen molar-refractivity contribution >= 4 is 0 Å². The summed E-state index contributed by atoms with van der Waals surface area (Å²) in [7, 11) is 1.88. The molecular weight excluding hydrogens is 166 g/mol. The molecular formula is C8H11N5. The molecule has 2 rings (SSSR count). The van der Waals surface area contributed by atoms with Gasteiger partial charge >= 0.3 is 0 Å². The van der Waals surface area contributed by atoms with Crippen LogP contribution in [-0.2, 0) is 13.6 Å². The van der Waals surface area contributed by atoms with Crippen molar-refractivity contribution in [3.63, 3.8) is 0 Å². The van der Waals surface area contributed by atoms with Crippen LogP contribution >= 0.6 is 0 Å². The minimum atomic E-state index is 0.725. The molecule has 0 aliphatic rings. The van der Waals surface area contributed by atoms with Gasteiger partial charge in [0.2, 0.25) is 0 Å². The van der Waals surface area contributed by atoms with Crippen molar-refractivity contribution in [1.29, 1.82) is 0 Å². The van der Waals surface area contributed by atoms with Gasteiger partial charge in [-0.05, 0) is 6.92 Å². The lowest BCUT2D eigenvalue weighted by atomic mass is 10.5. The molecule has 0 saturated heterocycles. The smallest absolute Gasteiger partial charge is 0.146 e. The summed E-state index contributed by atoms with van der Waals surface area (Å²) < 4.78 is 3.80. The maximum atomic E-state index is 4.14. The number of aromatic nitrogens is 5. The standard InChI is InChI=1S/C8H11N5/c1-7-9-3-4-13(7)5-8-10-6-11-12(8)2/h3-4,6H,5H2,1-2H3. The van der Waals surface area contributed by atoms with E-state index in [-0.39, 0.29) is 0 Å². The van der Waals surface area contributed by atoms with E-state index in [1.807, 2.05) is 24.7 Å². The van der Waals surface area contributed by atoms with E-state index in [1.54, 1.807) is 17.2 Å². The lowest BCUT2D eigenvalue weighted by molar-refractivity contribution is 0.643. The van der Waals surface area contributed by atoms with E-state index < -0.39 is 0 Å². The summed E-state index contributed by atoms with van der Waals surface area (Å²) in [4.78, 5) is 8.27. The number of hydrogen-bond donors (Lipinski definition) is 0. The van der Waals surface area contributed by atoms with Crippen molar-refractivity contribution in [2.75, 3.05) is 0 Å². The second-order valence-corrected chi connectivity index (χ2v) is 2.90. The highest BCUT2D eigenvalue weighted by atomic mass is 15.3. The van der Waals surface area contributed by atoms with Gasteiger partial charge < -0.3 is 4.57 Å². The van der Waals surface area contributed by atoms with E-state index in [2.05, 4.69) is 15.1 Å². The van der Waals surface area contributed by atoms with Gasteiger partial charge in [-0.2, -0.15) is 5.10 Å². The van der Waals surface area contributed by atoms with Gasteiger partial charge in [0.05, 0.1) is 6.54 Å². The molecule has 0 spiro atoms. The summed E-state index contributed by atoms with van der Waals surface area (Å²) in [6.45, 7) is 2.69. The molecule has 0 radical (unpaired) electrons. The molecule has 0 aliphatic carbocycles. The van der Waals surface area contributed by atoms with Crippen molar-refractivity contribution in [3.05, 3.63) is 30.4 Å². The van der Waals surface area contributed by atoms with Crippen LogP contribution in [0.15, 0.2) is 18.7 Å². The summed E-state index contributed by atoms with van der Waals surface area (Å²) in [5.74, 6) is 1.92. The average Bonchev–Trinajstić information content (AvgIpc) is 2.65. The molecule has 2 heterocycles. The van der Waals surface area contributed by atoms with Gasteiger partial charge in [-0.25, -0.2) is 9.97 Å². The van der Waals surface area contributed by atoms with Crippen molar-refractivity contribution in [2.24, 2.45) is 7.05 Å².